The first kappa shape index (κ1) is 62.9. The van der Waals surface area contributed by atoms with Gasteiger partial charge in [-0.25, -0.2) is 0 Å². The molecule has 0 spiro atoms. The minimum Gasteiger partial charge on any atom is -0.462 e. The number of unbranched alkanes of at least 4 members (excludes halogenated alkanes) is 38. The summed E-state index contributed by atoms with van der Waals surface area (Å²) in [6.07, 6.45) is 63.5. The molecule has 0 rings (SSSR count). The summed E-state index contributed by atoms with van der Waals surface area (Å²) < 4.78 is 16.8. The monoisotopic (exact) mass is 915 g/mol. The average molecular weight is 916 g/mol. The van der Waals surface area contributed by atoms with Gasteiger partial charge in [-0.15, -0.1) is 0 Å². The molecule has 0 aliphatic carbocycles. The Balaban J connectivity index is 4.05. The number of hydrogen-bond acceptors (Lipinski definition) is 6. The molecule has 0 saturated heterocycles. The molecule has 0 N–H and O–H groups in total. The summed E-state index contributed by atoms with van der Waals surface area (Å²) in [5.74, 6) is -0.877. The standard InChI is InChI=1S/C59H110O6/c1-4-7-10-13-16-18-20-22-24-25-26-27-28-29-30-31-32-33-34-35-37-38-40-43-46-49-52-58(61)64-55-56(54-63-57(60)51-48-45-42-15-12-9-6-3)65-59(62)53-50-47-44-41-39-36-23-21-19-17-14-11-8-5-2/h14,17,21,23,56H,4-13,15-16,18-20,22,24-55H2,1-3H3/b17-14-,23-21-. The van der Waals surface area contributed by atoms with Gasteiger partial charge in [-0.2, -0.15) is 0 Å². The summed E-state index contributed by atoms with van der Waals surface area (Å²) in [5, 5.41) is 0. The van der Waals surface area contributed by atoms with Crippen LogP contribution in [-0.4, -0.2) is 37.2 Å². The quantitative estimate of drug-likeness (QED) is 0.0262. The maximum Gasteiger partial charge on any atom is 0.306 e. The number of rotatable bonds is 53. The molecule has 0 saturated carbocycles. The van der Waals surface area contributed by atoms with Gasteiger partial charge in [0.15, 0.2) is 6.10 Å². The Hall–Kier alpha value is -2.11. The Morgan fingerprint density at radius 1 is 0.308 bits per heavy atom. The summed E-state index contributed by atoms with van der Waals surface area (Å²) in [5.41, 5.74) is 0. The Morgan fingerprint density at radius 3 is 0.892 bits per heavy atom. The van der Waals surface area contributed by atoms with E-state index in [2.05, 4.69) is 45.1 Å². The van der Waals surface area contributed by atoms with Gasteiger partial charge < -0.3 is 14.2 Å². The van der Waals surface area contributed by atoms with Crippen molar-refractivity contribution in [3.05, 3.63) is 24.3 Å². The summed E-state index contributed by atoms with van der Waals surface area (Å²) in [6, 6.07) is 0. The molecule has 6 heteroatoms. The van der Waals surface area contributed by atoms with E-state index in [-0.39, 0.29) is 31.1 Å². The molecule has 382 valence electrons. The van der Waals surface area contributed by atoms with Crippen molar-refractivity contribution in [3.8, 4) is 0 Å². The first-order valence-electron chi connectivity index (χ1n) is 28.8. The van der Waals surface area contributed by atoms with Crippen molar-refractivity contribution in [3.63, 3.8) is 0 Å². The maximum atomic E-state index is 12.8. The van der Waals surface area contributed by atoms with Gasteiger partial charge in [0.2, 0.25) is 0 Å². The van der Waals surface area contributed by atoms with Crippen LogP contribution in [0, 0.1) is 0 Å². The molecule has 0 aromatic heterocycles. The highest BCUT2D eigenvalue weighted by molar-refractivity contribution is 5.71. The zero-order chi connectivity index (χ0) is 47.2. The average Bonchev–Trinajstić information content (AvgIpc) is 3.30. The number of hydrogen-bond donors (Lipinski definition) is 0. The van der Waals surface area contributed by atoms with Crippen LogP contribution < -0.4 is 0 Å². The summed E-state index contributed by atoms with van der Waals surface area (Å²) in [7, 11) is 0. The lowest BCUT2D eigenvalue weighted by Gasteiger charge is -2.18. The van der Waals surface area contributed by atoms with Crippen LogP contribution in [0.2, 0.25) is 0 Å². The van der Waals surface area contributed by atoms with Crippen molar-refractivity contribution in [1.29, 1.82) is 0 Å². The van der Waals surface area contributed by atoms with E-state index in [9.17, 15) is 14.4 Å². The summed E-state index contributed by atoms with van der Waals surface area (Å²) >= 11 is 0. The summed E-state index contributed by atoms with van der Waals surface area (Å²) in [6.45, 7) is 6.59. The Bertz CT molecular complexity index is 1050. The van der Waals surface area contributed by atoms with Crippen molar-refractivity contribution in [1.82, 2.24) is 0 Å². The first-order chi connectivity index (χ1) is 32.0. The zero-order valence-electron chi connectivity index (χ0n) is 43.8. The predicted molar refractivity (Wildman–Crippen MR) is 279 cm³/mol. The molecule has 65 heavy (non-hydrogen) atoms. The highest BCUT2D eigenvalue weighted by Gasteiger charge is 2.19. The van der Waals surface area contributed by atoms with Crippen LogP contribution >= 0.6 is 0 Å². The second-order valence-corrected chi connectivity index (χ2v) is 19.6. The third-order valence-corrected chi connectivity index (χ3v) is 13.0. The van der Waals surface area contributed by atoms with E-state index in [0.29, 0.717) is 19.3 Å². The lowest BCUT2D eigenvalue weighted by atomic mass is 10.0. The largest absolute Gasteiger partial charge is 0.462 e. The van der Waals surface area contributed by atoms with Gasteiger partial charge in [0, 0.05) is 19.3 Å². The molecule has 0 aromatic rings. The normalized spacial score (nSPS) is 12.1. The zero-order valence-corrected chi connectivity index (χ0v) is 43.8. The number of carbonyl (C=O) groups is 3. The Morgan fingerprint density at radius 2 is 0.569 bits per heavy atom. The minimum atomic E-state index is -0.772. The van der Waals surface area contributed by atoms with E-state index in [0.717, 1.165) is 83.5 Å². The van der Waals surface area contributed by atoms with Crippen LogP contribution in [0.3, 0.4) is 0 Å². The second kappa shape index (κ2) is 54.5. The first-order valence-corrected chi connectivity index (χ1v) is 28.8. The predicted octanol–water partition coefficient (Wildman–Crippen LogP) is 19.1. The molecule has 1 unspecified atom stereocenters. The number of allylic oxidation sites excluding steroid dienone is 4. The molecule has 0 amide bonds. The van der Waals surface area contributed by atoms with E-state index in [4.69, 9.17) is 14.2 Å². The molecular weight excluding hydrogens is 805 g/mol. The molecule has 0 radical (unpaired) electrons. The van der Waals surface area contributed by atoms with Crippen LogP contribution in [0.15, 0.2) is 24.3 Å². The fourth-order valence-corrected chi connectivity index (χ4v) is 8.58. The van der Waals surface area contributed by atoms with Crippen molar-refractivity contribution in [2.24, 2.45) is 0 Å². The van der Waals surface area contributed by atoms with Crippen LogP contribution in [0.4, 0.5) is 0 Å². The lowest BCUT2D eigenvalue weighted by Crippen LogP contribution is -2.30. The van der Waals surface area contributed by atoms with Crippen LogP contribution in [-0.2, 0) is 28.6 Å². The third kappa shape index (κ3) is 52.7. The van der Waals surface area contributed by atoms with Crippen molar-refractivity contribution in [2.75, 3.05) is 13.2 Å². The Kier molecular flexibility index (Phi) is 52.7. The van der Waals surface area contributed by atoms with E-state index in [1.54, 1.807) is 0 Å². The van der Waals surface area contributed by atoms with Gasteiger partial charge in [-0.3, -0.25) is 14.4 Å². The molecule has 0 fully saturated rings. The Labute approximate surface area is 404 Å². The lowest BCUT2D eigenvalue weighted by molar-refractivity contribution is -0.167. The van der Waals surface area contributed by atoms with E-state index in [1.165, 1.54) is 193 Å². The SMILES string of the molecule is CCCC/C=C\C/C=C\CCCCCCCC(=O)OC(COC(=O)CCCCCCCCC)COC(=O)CCCCCCCCCCCCCCCCCCCCCCCCCCCC. The maximum absolute atomic E-state index is 12.8. The molecule has 0 aliphatic rings. The van der Waals surface area contributed by atoms with E-state index in [1.807, 2.05) is 0 Å². The number of esters is 3. The molecule has 0 aromatic carbocycles. The summed E-state index contributed by atoms with van der Waals surface area (Å²) in [4.78, 5) is 37.9. The molecule has 6 nitrogen and oxygen atoms in total. The second-order valence-electron chi connectivity index (χ2n) is 19.6. The van der Waals surface area contributed by atoms with Gasteiger partial charge >= 0.3 is 17.9 Å². The van der Waals surface area contributed by atoms with Gasteiger partial charge in [0.1, 0.15) is 13.2 Å². The molecule has 1 atom stereocenters. The van der Waals surface area contributed by atoms with Gasteiger partial charge in [0.05, 0.1) is 0 Å². The van der Waals surface area contributed by atoms with E-state index >= 15 is 0 Å². The third-order valence-electron chi connectivity index (χ3n) is 13.0. The van der Waals surface area contributed by atoms with Crippen LogP contribution in [0.25, 0.3) is 0 Å². The van der Waals surface area contributed by atoms with Gasteiger partial charge in [0.25, 0.3) is 0 Å². The smallest absolute Gasteiger partial charge is 0.306 e. The number of ether oxygens (including phenoxy) is 3. The van der Waals surface area contributed by atoms with E-state index < -0.39 is 6.10 Å². The van der Waals surface area contributed by atoms with Crippen molar-refractivity contribution >= 4 is 17.9 Å². The molecule has 0 bridgehead atoms. The fourth-order valence-electron chi connectivity index (χ4n) is 8.58. The highest BCUT2D eigenvalue weighted by atomic mass is 16.6. The fraction of sp³-hybridized carbons (Fsp3) is 0.881. The molecule has 0 aliphatic heterocycles. The topological polar surface area (TPSA) is 78.9 Å². The van der Waals surface area contributed by atoms with Gasteiger partial charge in [-0.05, 0) is 44.9 Å². The number of carbonyl (C=O) groups excluding carboxylic acids is 3. The highest BCUT2D eigenvalue weighted by Crippen LogP contribution is 2.17. The van der Waals surface area contributed by atoms with Crippen molar-refractivity contribution in [2.45, 2.75) is 322 Å². The molecular formula is C59H110O6. The van der Waals surface area contributed by atoms with Crippen molar-refractivity contribution < 1.29 is 28.6 Å². The van der Waals surface area contributed by atoms with Gasteiger partial charge in [-0.1, -0.05) is 276 Å². The molecule has 0 heterocycles. The minimum absolute atomic E-state index is 0.0726. The van der Waals surface area contributed by atoms with Crippen LogP contribution in [0.1, 0.15) is 316 Å². The van der Waals surface area contributed by atoms with Crippen LogP contribution in [0.5, 0.6) is 0 Å².